The van der Waals surface area contributed by atoms with Crippen LogP contribution < -0.4 is 5.73 Å². The van der Waals surface area contributed by atoms with Crippen molar-refractivity contribution in [1.82, 2.24) is 4.90 Å². The van der Waals surface area contributed by atoms with E-state index in [0.29, 0.717) is 18.2 Å². The molecule has 1 aliphatic rings. The maximum atomic E-state index is 11.3. The Labute approximate surface area is 132 Å². The van der Waals surface area contributed by atoms with Crippen molar-refractivity contribution in [3.63, 3.8) is 0 Å². The van der Waals surface area contributed by atoms with Gasteiger partial charge in [0.05, 0.1) is 6.61 Å². The first-order valence-electron chi connectivity index (χ1n) is 8.03. The fourth-order valence-electron chi connectivity index (χ4n) is 2.90. The lowest BCUT2D eigenvalue weighted by atomic mass is 9.89. The molecule has 22 heavy (non-hydrogen) atoms. The van der Waals surface area contributed by atoms with Gasteiger partial charge in [0.2, 0.25) is 0 Å². The lowest BCUT2D eigenvalue weighted by Gasteiger charge is -2.32. The molecule has 1 aliphatic heterocycles. The van der Waals surface area contributed by atoms with Crippen molar-refractivity contribution in [3.05, 3.63) is 47.7 Å². The van der Waals surface area contributed by atoms with Crippen LogP contribution in [0.4, 0.5) is 0 Å². The van der Waals surface area contributed by atoms with Crippen LogP contribution in [-0.2, 0) is 9.53 Å². The second-order valence-electron chi connectivity index (χ2n) is 5.94. The zero-order chi connectivity index (χ0) is 15.8. The summed E-state index contributed by atoms with van der Waals surface area (Å²) < 4.78 is 5.11. The third-order valence-corrected chi connectivity index (χ3v) is 4.07. The molecule has 2 rings (SSSR count). The van der Waals surface area contributed by atoms with Gasteiger partial charge < -0.3 is 15.4 Å². The maximum Gasteiger partial charge on any atom is 0.332 e. The van der Waals surface area contributed by atoms with Gasteiger partial charge >= 0.3 is 5.97 Å². The zero-order valence-corrected chi connectivity index (χ0v) is 13.3. The van der Waals surface area contributed by atoms with Crippen molar-refractivity contribution in [1.29, 1.82) is 0 Å². The SMILES string of the molecule is CC(N)=CC(=O)OCCCN1CCC(c2ccccc2)CC1. The minimum Gasteiger partial charge on any atom is -0.462 e. The molecule has 0 atom stereocenters. The minimum atomic E-state index is -0.345. The fourth-order valence-corrected chi connectivity index (χ4v) is 2.90. The highest BCUT2D eigenvalue weighted by atomic mass is 16.5. The number of ether oxygens (including phenoxy) is 1. The molecule has 0 radical (unpaired) electrons. The number of allylic oxidation sites excluding steroid dienone is 1. The number of esters is 1. The molecule has 0 amide bonds. The first kappa shape index (κ1) is 16.6. The molecule has 1 fully saturated rings. The number of likely N-dealkylation sites (tertiary alicyclic amines) is 1. The molecule has 0 saturated carbocycles. The second kappa shape index (κ2) is 8.59. The van der Waals surface area contributed by atoms with Crippen molar-refractivity contribution < 1.29 is 9.53 Å². The molecular formula is C18H26N2O2. The van der Waals surface area contributed by atoms with E-state index < -0.39 is 0 Å². The van der Waals surface area contributed by atoms with E-state index in [1.54, 1.807) is 6.92 Å². The van der Waals surface area contributed by atoms with Crippen LogP contribution in [0.3, 0.4) is 0 Å². The van der Waals surface area contributed by atoms with Gasteiger partial charge in [-0.25, -0.2) is 4.79 Å². The van der Waals surface area contributed by atoms with E-state index in [4.69, 9.17) is 10.5 Å². The highest BCUT2D eigenvalue weighted by Gasteiger charge is 2.19. The third-order valence-electron chi connectivity index (χ3n) is 4.07. The molecule has 120 valence electrons. The molecule has 4 nitrogen and oxygen atoms in total. The quantitative estimate of drug-likeness (QED) is 0.499. The molecular weight excluding hydrogens is 276 g/mol. The summed E-state index contributed by atoms with van der Waals surface area (Å²) in [6, 6.07) is 10.8. The van der Waals surface area contributed by atoms with Gasteiger partial charge in [0.1, 0.15) is 0 Å². The molecule has 0 unspecified atom stereocenters. The number of nitrogens with two attached hydrogens (primary N) is 1. The maximum absolute atomic E-state index is 11.3. The molecule has 1 saturated heterocycles. The first-order chi connectivity index (χ1) is 10.6. The number of carbonyl (C=O) groups is 1. The fraction of sp³-hybridized carbons (Fsp3) is 0.500. The molecule has 0 bridgehead atoms. The van der Waals surface area contributed by atoms with E-state index in [2.05, 4.69) is 35.2 Å². The average molecular weight is 302 g/mol. The second-order valence-corrected chi connectivity index (χ2v) is 5.94. The first-order valence-corrected chi connectivity index (χ1v) is 8.03. The largest absolute Gasteiger partial charge is 0.462 e. The van der Waals surface area contributed by atoms with Crippen LogP contribution in [0.1, 0.15) is 37.7 Å². The summed E-state index contributed by atoms with van der Waals surface area (Å²) >= 11 is 0. The van der Waals surface area contributed by atoms with Gasteiger partial charge in [-0.2, -0.15) is 0 Å². The topological polar surface area (TPSA) is 55.6 Å². The van der Waals surface area contributed by atoms with E-state index in [9.17, 15) is 4.79 Å². The van der Waals surface area contributed by atoms with E-state index in [1.165, 1.54) is 24.5 Å². The van der Waals surface area contributed by atoms with Crippen molar-refractivity contribution in [2.45, 2.75) is 32.1 Å². The average Bonchev–Trinajstić information content (AvgIpc) is 2.52. The van der Waals surface area contributed by atoms with Gasteiger partial charge in [-0.3, -0.25) is 0 Å². The Kier molecular flexibility index (Phi) is 6.46. The number of rotatable bonds is 6. The zero-order valence-electron chi connectivity index (χ0n) is 13.3. The Morgan fingerprint density at radius 1 is 1.32 bits per heavy atom. The summed E-state index contributed by atoms with van der Waals surface area (Å²) in [5.74, 6) is 0.343. The summed E-state index contributed by atoms with van der Waals surface area (Å²) in [5.41, 5.74) is 7.37. The predicted octanol–water partition coefficient (Wildman–Crippen LogP) is 2.66. The van der Waals surface area contributed by atoms with Crippen molar-refractivity contribution >= 4 is 5.97 Å². The number of hydrogen-bond acceptors (Lipinski definition) is 4. The number of piperidine rings is 1. The Bertz CT molecular complexity index is 487. The molecule has 1 aromatic carbocycles. The van der Waals surface area contributed by atoms with Gasteiger partial charge in [-0.1, -0.05) is 30.3 Å². The van der Waals surface area contributed by atoms with Crippen LogP contribution in [0.5, 0.6) is 0 Å². The number of benzene rings is 1. The molecule has 1 aromatic rings. The number of hydrogen-bond donors (Lipinski definition) is 1. The highest BCUT2D eigenvalue weighted by molar-refractivity contribution is 5.82. The lowest BCUT2D eigenvalue weighted by Crippen LogP contribution is -2.34. The molecule has 1 heterocycles. The summed E-state index contributed by atoms with van der Waals surface area (Å²) in [6.07, 6.45) is 4.61. The number of nitrogens with zero attached hydrogens (tertiary/aromatic N) is 1. The van der Waals surface area contributed by atoms with Crippen LogP contribution >= 0.6 is 0 Å². The van der Waals surface area contributed by atoms with E-state index in [1.807, 2.05) is 0 Å². The van der Waals surface area contributed by atoms with Gasteiger partial charge in [0.15, 0.2) is 0 Å². The lowest BCUT2D eigenvalue weighted by molar-refractivity contribution is -0.138. The van der Waals surface area contributed by atoms with Crippen molar-refractivity contribution in [2.24, 2.45) is 5.73 Å². The highest BCUT2D eigenvalue weighted by Crippen LogP contribution is 2.27. The summed E-state index contributed by atoms with van der Waals surface area (Å²) in [5, 5.41) is 0. The van der Waals surface area contributed by atoms with Gasteiger partial charge in [0, 0.05) is 18.3 Å². The van der Waals surface area contributed by atoms with Gasteiger partial charge in [-0.05, 0) is 50.8 Å². The van der Waals surface area contributed by atoms with Crippen LogP contribution in [0, 0.1) is 0 Å². The molecule has 0 aliphatic carbocycles. The van der Waals surface area contributed by atoms with Crippen LogP contribution in [0.2, 0.25) is 0 Å². The predicted molar refractivity (Wildman–Crippen MR) is 88.4 cm³/mol. The molecule has 4 heteroatoms. The van der Waals surface area contributed by atoms with E-state index >= 15 is 0 Å². The Morgan fingerprint density at radius 3 is 2.64 bits per heavy atom. The summed E-state index contributed by atoms with van der Waals surface area (Å²) in [7, 11) is 0. The van der Waals surface area contributed by atoms with Crippen LogP contribution in [0.15, 0.2) is 42.1 Å². The molecule has 0 spiro atoms. The summed E-state index contributed by atoms with van der Waals surface area (Å²) in [4.78, 5) is 13.8. The summed E-state index contributed by atoms with van der Waals surface area (Å²) in [6.45, 7) is 5.37. The van der Waals surface area contributed by atoms with Crippen LogP contribution in [0.25, 0.3) is 0 Å². The van der Waals surface area contributed by atoms with E-state index in [0.717, 1.165) is 26.1 Å². The molecule has 2 N–H and O–H groups in total. The van der Waals surface area contributed by atoms with Crippen LogP contribution in [-0.4, -0.2) is 37.1 Å². The van der Waals surface area contributed by atoms with Gasteiger partial charge in [0.25, 0.3) is 0 Å². The normalized spacial score (nSPS) is 17.4. The molecule has 0 aromatic heterocycles. The van der Waals surface area contributed by atoms with Crippen molar-refractivity contribution in [2.75, 3.05) is 26.2 Å². The van der Waals surface area contributed by atoms with E-state index in [-0.39, 0.29) is 5.97 Å². The van der Waals surface area contributed by atoms with Crippen molar-refractivity contribution in [3.8, 4) is 0 Å². The smallest absolute Gasteiger partial charge is 0.332 e. The minimum absolute atomic E-state index is 0.345. The monoisotopic (exact) mass is 302 g/mol. The van der Waals surface area contributed by atoms with Gasteiger partial charge in [-0.15, -0.1) is 0 Å². The Balaban J connectivity index is 1.62. The third kappa shape index (κ3) is 5.53. The number of carbonyl (C=O) groups excluding carboxylic acids is 1. The Morgan fingerprint density at radius 2 is 2.00 bits per heavy atom. The Hall–Kier alpha value is -1.81. The standard InChI is InChI=1S/C18H26N2O2/c1-15(19)14-18(21)22-13-5-10-20-11-8-17(9-12-20)16-6-3-2-4-7-16/h2-4,6-7,14,17H,5,8-13,19H2,1H3.